The summed E-state index contributed by atoms with van der Waals surface area (Å²) >= 11 is 0. The quantitative estimate of drug-likeness (QED) is 0.635. The van der Waals surface area contributed by atoms with Gasteiger partial charge in [0.2, 0.25) is 5.91 Å². The zero-order chi connectivity index (χ0) is 20.7. The van der Waals surface area contributed by atoms with Gasteiger partial charge < -0.3 is 20.3 Å². The number of amides is 2. The van der Waals surface area contributed by atoms with Crippen molar-refractivity contribution < 1.29 is 14.3 Å². The number of ether oxygens (including phenoxy) is 1. The molecule has 2 aromatic heterocycles. The van der Waals surface area contributed by atoms with Crippen molar-refractivity contribution in [3.8, 4) is 5.75 Å². The van der Waals surface area contributed by atoms with Crippen LogP contribution >= 0.6 is 0 Å². The highest BCUT2D eigenvalue weighted by Gasteiger charge is 2.28. The molecule has 152 valence electrons. The maximum Gasteiger partial charge on any atom is 0.262 e. The van der Waals surface area contributed by atoms with Crippen LogP contribution < -0.4 is 15.4 Å². The summed E-state index contributed by atoms with van der Waals surface area (Å²) < 4.78 is 7.08. The third kappa shape index (κ3) is 3.21. The molecule has 1 fully saturated rings. The average Bonchev–Trinajstić information content (AvgIpc) is 3.42. The van der Waals surface area contributed by atoms with Crippen LogP contribution in [0.3, 0.4) is 0 Å². The number of rotatable bonds is 4. The summed E-state index contributed by atoms with van der Waals surface area (Å²) in [5.41, 5.74) is 2.72. The Balaban J connectivity index is 1.46. The van der Waals surface area contributed by atoms with Gasteiger partial charge in [-0.1, -0.05) is 6.58 Å². The Morgan fingerprint density at radius 1 is 1.40 bits per heavy atom. The standard InChI is InChI=1S/C20H19N7O3/c1-2-18(29)26-6-5-12(8-26)15-9-27-20(21-11-22-27)19(25-15)23-13-3-4-16-14(7-13)24-17(28)10-30-16/h2-4,7,9,11-12H,1,5-6,8,10H2,(H,23,25)(H,24,28). The Bertz CT molecular complexity index is 1170. The monoisotopic (exact) mass is 405 g/mol. The van der Waals surface area contributed by atoms with E-state index in [0.717, 1.165) is 17.8 Å². The summed E-state index contributed by atoms with van der Waals surface area (Å²) in [4.78, 5) is 34.4. The molecule has 30 heavy (non-hydrogen) atoms. The first-order valence-electron chi connectivity index (χ1n) is 9.56. The van der Waals surface area contributed by atoms with Crippen LogP contribution in [0.4, 0.5) is 17.2 Å². The van der Waals surface area contributed by atoms with Gasteiger partial charge in [0.1, 0.15) is 12.1 Å². The van der Waals surface area contributed by atoms with E-state index < -0.39 is 0 Å². The van der Waals surface area contributed by atoms with Crippen LogP contribution in [0.1, 0.15) is 18.0 Å². The molecule has 1 aromatic carbocycles. The smallest absolute Gasteiger partial charge is 0.262 e. The van der Waals surface area contributed by atoms with E-state index in [1.807, 2.05) is 12.3 Å². The van der Waals surface area contributed by atoms with Gasteiger partial charge in [-0.15, -0.1) is 0 Å². The lowest BCUT2D eigenvalue weighted by molar-refractivity contribution is -0.125. The largest absolute Gasteiger partial charge is 0.482 e. The predicted octanol–water partition coefficient (Wildman–Crippen LogP) is 1.70. The number of carbonyl (C=O) groups excluding carboxylic acids is 2. The van der Waals surface area contributed by atoms with E-state index in [-0.39, 0.29) is 24.3 Å². The molecule has 0 bridgehead atoms. The summed E-state index contributed by atoms with van der Waals surface area (Å²) in [5, 5.41) is 10.3. The topological polar surface area (TPSA) is 114 Å². The maximum absolute atomic E-state index is 11.9. The molecule has 2 N–H and O–H groups in total. The second kappa shape index (κ2) is 7.14. The SMILES string of the molecule is C=CC(=O)N1CCC(c2cn3ncnc3c(Nc3ccc4c(c3)NC(=O)CO4)n2)C1. The lowest BCUT2D eigenvalue weighted by Crippen LogP contribution is -2.26. The first-order valence-corrected chi connectivity index (χ1v) is 9.56. The number of nitrogens with zero attached hydrogens (tertiary/aromatic N) is 5. The first kappa shape index (κ1) is 18.1. The van der Waals surface area contributed by atoms with Crippen molar-refractivity contribution in [2.24, 2.45) is 0 Å². The molecule has 2 aliphatic rings. The molecule has 1 unspecified atom stereocenters. The van der Waals surface area contributed by atoms with Crippen molar-refractivity contribution in [3.05, 3.63) is 49.1 Å². The molecule has 0 aliphatic carbocycles. The van der Waals surface area contributed by atoms with Gasteiger partial charge in [0.25, 0.3) is 5.91 Å². The minimum Gasteiger partial charge on any atom is -0.482 e. The lowest BCUT2D eigenvalue weighted by Gasteiger charge is -2.19. The molecule has 5 rings (SSSR count). The number of hydrogen-bond donors (Lipinski definition) is 2. The summed E-state index contributed by atoms with van der Waals surface area (Å²) in [6, 6.07) is 5.42. The van der Waals surface area contributed by atoms with Gasteiger partial charge in [-0.25, -0.2) is 14.5 Å². The number of hydrogen-bond acceptors (Lipinski definition) is 7. The van der Waals surface area contributed by atoms with Gasteiger partial charge in [0.05, 0.1) is 17.6 Å². The molecule has 10 nitrogen and oxygen atoms in total. The zero-order valence-corrected chi connectivity index (χ0v) is 16.0. The number of benzene rings is 1. The number of anilines is 3. The number of carbonyl (C=O) groups is 2. The zero-order valence-electron chi connectivity index (χ0n) is 16.0. The van der Waals surface area contributed by atoms with Gasteiger partial charge >= 0.3 is 0 Å². The molecule has 0 spiro atoms. The second-order valence-corrected chi connectivity index (χ2v) is 7.19. The highest BCUT2D eigenvalue weighted by molar-refractivity contribution is 5.96. The molecule has 0 saturated carbocycles. The van der Waals surface area contributed by atoms with E-state index in [4.69, 9.17) is 9.72 Å². The van der Waals surface area contributed by atoms with Crippen LogP contribution in [0, 0.1) is 0 Å². The third-order valence-corrected chi connectivity index (χ3v) is 5.25. The van der Waals surface area contributed by atoms with Crippen LogP contribution in [-0.4, -0.2) is 56.0 Å². The van der Waals surface area contributed by atoms with Gasteiger partial charge in [-0.05, 0) is 30.7 Å². The summed E-state index contributed by atoms with van der Waals surface area (Å²) in [6.07, 6.45) is 5.46. The Morgan fingerprint density at radius 3 is 3.17 bits per heavy atom. The van der Waals surface area contributed by atoms with Crippen molar-refractivity contribution in [3.63, 3.8) is 0 Å². The average molecular weight is 405 g/mol. The minimum absolute atomic E-state index is 0.0104. The molecule has 0 radical (unpaired) electrons. The molecule has 3 aromatic rings. The Kier molecular flexibility index (Phi) is 4.31. The van der Waals surface area contributed by atoms with Gasteiger partial charge in [0.15, 0.2) is 18.1 Å². The van der Waals surface area contributed by atoms with E-state index in [9.17, 15) is 9.59 Å². The molecule has 4 heterocycles. The highest BCUT2D eigenvalue weighted by Crippen LogP contribution is 2.33. The number of likely N-dealkylation sites (tertiary alicyclic amines) is 1. The van der Waals surface area contributed by atoms with Crippen molar-refractivity contribution in [2.45, 2.75) is 12.3 Å². The molecular weight excluding hydrogens is 386 g/mol. The Morgan fingerprint density at radius 2 is 2.30 bits per heavy atom. The molecule has 2 aliphatic heterocycles. The molecule has 10 heteroatoms. The van der Waals surface area contributed by atoms with Crippen molar-refractivity contribution in [2.75, 3.05) is 30.3 Å². The van der Waals surface area contributed by atoms with E-state index in [2.05, 4.69) is 27.3 Å². The van der Waals surface area contributed by atoms with Crippen molar-refractivity contribution in [1.82, 2.24) is 24.5 Å². The van der Waals surface area contributed by atoms with Crippen LogP contribution in [-0.2, 0) is 9.59 Å². The fraction of sp³-hybridized carbons (Fsp3) is 0.250. The van der Waals surface area contributed by atoms with E-state index in [0.29, 0.717) is 36.0 Å². The van der Waals surface area contributed by atoms with Crippen LogP contribution in [0.15, 0.2) is 43.4 Å². The summed E-state index contributed by atoms with van der Waals surface area (Å²) in [7, 11) is 0. The van der Waals surface area contributed by atoms with Gasteiger partial charge in [-0.2, -0.15) is 5.10 Å². The predicted molar refractivity (Wildman–Crippen MR) is 109 cm³/mol. The van der Waals surface area contributed by atoms with Crippen molar-refractivity contribution in [1.29, 1.82) is 0 Å². The first-order chi connectivity index (χ1) is 14.6. The normalized spacial score (nSPS) is 17.9. The van der Waals surface area contributed by atoms with E-state index >= 15 is 0 Å². The van der Waals surface area contributed by atoms with Crippen LogP contribution in [0.5, 0.6) is 5.75 Å². The van der Waals surface area contributed by atoms with E-state index in [1.54, 1.807) is 21.5 Å². The highest BCUT2D eigenvalue weighted by atomic mass is 16.5. The number of aromatic nitrogens is 4. The maximum atomic E-state index is 11.9. The molecule has 1 atom stereocenters. The fourth-order valence-electron chi connectivity index (χ4n) is 3.76. The number of nitrogens with one attached hydrogen (secondary N) is 2. The molecular formula is C20H19N7O3. The third-order valence-electron chi connectivity index (χ3n) is 5.25. The van der Waals surface area contributed by atoms with Crippen LogP contribution in [0.25, 0.3) is 5.65 Å². The van der Waals surface area contributed by atoms with E-state index in [1.165, 1.54) is 12.4 Å². The number of fused-ring (bicyclic) bond motifs is 2. The van der Waals surface area contributed by atoms with Gasteiger partial charge in [-0.3, -0.25) is 9.59 Å². The lowest BCUT2D eigenvalue weighted by atomic mass is 10.1. The fourth-order valence-corrected chi connectivity index (χ4v) is 3.76. The summed E-state index contributed by atoms with van der Waals surface area (Å²) in [5.74, 6) is 0.990. The van der Waals surface area contributed by atoms with Crippen molar-refractivity contribution >= 4 is 34.7 Å². The molecule has 2 amide bonds. The minimum atomic E-state index is -0.195. The second-order valence-electron chi connectivity index (χ2n) is 7.19. The summed E-state index contributed by atoms with van der Waals surface area (Å²) in [6.45, 7) is 4.82. The van der Waals surface area contributed by atoms with Crippen LogP contribution in [0.2, 0.25) is 0 Å². The molecule has 1 saturated heterocycles. The Hall–Kier alpha value is -3.95. The van der Waals surface area contributed by atoms with Gasteiger partial charge in [0, 0.05) is 24.7 Å². The Labute approximate surface area is 171 Å².